The molecular weight excluding hydrogens is 219 g/mol. The van der Waals surface area contributed by atoms with Crippen molar-refractivity contribution >= 4 is 5.69 Å². The van der Waals surface area contributed by atoms with E-state index in [1.54, 1.807) is 19.9 Å². The molecule has 0 bridgehead atoms. The molecule has 1 aromatic rings. The lowest BCUT2D eigenvalue weighted by Gasteiger charge is -2.25. The average molecular weight is 238 g/mol. The third-order valence-corrected chi connectivity index (χ3v) is 3.28. The summed E-state index contributed by atoms with van der Waals surface area (Å²) in [5.41, 5.74) is 6.46. The molecule has 4 heteroatoms. The molecule has 1 aliphatic rings. The number of hydrogen-bond donors (Lipinski definition) is 2. The number of anilines is 1. The van der Waals surface area contributed by atoms with Gasteiger partial charge in [0.05, 0.1) is 5.60 Å². The van der Waals surface area contributed by atoms with Crippen LogP contribution in [0.3, 0.4) is 0 Å². The molecular formula is C13H19FN2O. The van der Waals surface area contributed by atoms with Crippen molar-refractivity contribution in [2.75, 3.05) is 18.0 Å². The normalized spacial score (nSPS) is 26.3. The van der Waals surface area contributed by atoms with E-state index in [2.05, 4.69) is 0 Å². The minimum absolute atomic E-state index is 0.274. The first-order valence-corrected chi connectivity index (χ1v) is 5.92. The lowest BCUT2D eigenvalue weighted by Crippen LogP contribution is -2.30. The first kappa shape index (κ1) is 12.3. The molecule has 94 valence electrons. The third-order valence-electron chi connectivity index (χ3n) is 3.28. The second-order valence-corrected chi connectivity index (χ2v) is 5.13. The summed E-state index contributed by atoms with van der Waals surface area (Å²) in [6.07, 6.45) is 0.696. The van der Waals surface area contributed by atoms with Crippen LogP contribution in [-0.4, -0.2) is 23.8 Å². The summed E-state index contributed by atoms with van der Waals surface area (Å²) in [5.74, 6) is -0.274. The number of rotatable bonds is 2. The Hall–Kier alpha value is -1.13. The minimum atomic E-state index is -0.693. The predicted molar refractivity (Wildman–Crippen MR) is 66.5 cm³/mol. The molecule has 1 aliphatic heterocycles. The first-order valence-electron chi connectivity index (χ1n) is 5.92. The highest BCUT2D eigenvalue weighted by molar-refractivity contribution is 5.56. The summed E-state index contributed by atoms with van der Waals surface area (Å²) in [6.45, 7) is 4.83. The summed E-state index contributed by atoms with van der Waals surface area (Å²) in [7, 11) is 0. The number of β-amino-alcohol motifs (C(OH)–C–C–N with tert-alkyl or cyclic N) is 1. The summed E-state index contributed by atoms with van der Waals surface area (Å²) in [6, 6.07) is 4.63. The molecule has 2 unspecified atom stereocenters. The topological polar surface area (TPSA) is 49.5 Å². The van der Waals surface area contributed by atoms with E-state index in [0.29, 0.717) is 18.5 Å². The Morgan fingerprint density at radius 1 is 1.53 bits per heavy atom. The zero-order chi connectivity index (χ0) is 12.6. The molecule has 1 fully saturated rings. The van der Waals surface area contributed by atoms with Crippen molar-refractivity contribution in [1.82, 2.24) is 0 Å². The van der Waals surface area contributed by atoms with Crippen LogP contribution in [0.4, 0.5) is 10.1 Å². The summed E-state index contributed by atoms with van der Waals surface area (Å²) < 4.78 is 13.8. The summed E-state index contributed by atoms with van der Waals surface area (Å²) in [4.78, 5) is 2.00. The lowest BCUT2D eigenvalue weighted by molar-refractivity contribution is 0.0839. The number of benzene rings is 1. The van der Waals surface area contributed by atoms with Crippen LogP contribution in [0.25, 0.3) is 0 Å². The van der Waals surface area contributed by atoms with Gasteiger partial charge in [0.15, 0.2) is 0 Å². The summed E-state index contributed by atoms with van der Waals surface area (Å²) in [5, 5.41) is 9.96. The van der Waals surface area contributed by atoms with Gasteiger partial charge in [-0.2, -0.15) is 0 Å². The molecule has 0 spiro atoms. The average Bonchev–Trinajstić information content (AvgIpc) is 2.57. The van der Waals surface area contributed by atoms with Gasteiger partial charge in [0, 0.05) is 30.4 Å². The van der Waals surface area contributed by atoms with Crippen LogP contribution in [0.15, 0.2) is 18.2 Å². The first-order chi connectivity index (χ1) is 7.91. The zero-order valence-electron chi connectivity index (χ0n) is 10.3. The van der Waals surface area contributed by atoms with Crippen LogP contribution in [0, 0.1) is 5.82 Å². The van der Waals surface area contributed by atoms with Crippen LogP contribution < -0.4 is 10.6 Å². The van der Waals surface area contributed by atoms with Gasteiger partial charge in [0.25, 0.3) is 0 Å². The van der Waals surface area contributed by atoms with Gasteiger partial charge in [-0.05, 0) is 32.4 Å². The fourth-order valence-electron chi connectivity index (χ4n) is 2.40. The molecule has 0 amide bonds. The quantitative estimate of drug-likeness (QED) is 0.826. The van der Waals surface area contributed by atoms with Gasteiger partial charge in [0.1, 0.15) is 5.82 Å². The number of hydrogen-bond acceptors (Lipinski definition) is 3. The van der Waals surface area contributed by atoms with Gasteiger partial charge in [-0.3, -0.25) is 0 Å². The second kappa shape index (κ2) is 4.27. The van der Waals surface area contributed by atoms with Gasteiger partial charge in [-0.15, -0.1) is 0 Å². The molecule has 17 heavy (non-hydrogen) atoms. The van der Waals surface area contributed by atoms with Gasteiger partial charge < -0.3 is 15.7 Å². The molecule has 0 aromatic heterocycles. The van der Waals surface area contributed by atoms with E-state index < -0.39 is 5.60 Å². The Balaban J connectivity index is 2.36. The van der Waals surface area contributed by atoms with E-state index in [1.807, 2.05) is 11.0 Å². The molecule has 0 aliphatic carbocycles. The molecule has 2 rings (SSSR count). The molecule has 2 atom stereocenters. The van der Waals surface area contributed by atoms with Crippen molar-refractivity contribution in [3.05, 3.63) is 29.6 Å². The number of nitrogens with two attached hydrogens (primary N) is 1. The highest BCUT2D eigenvalue weighted by Gasteiger charge is 2.33. The molecule has 3 N–H and O–H groups in total. The molecule has 0 saturated carbocycles. The Labute approximate surface area is 101 Å². The van der Waals surface area contributed by atoms with Crippen molar-refractivity contribution < 1.29 is 9.50 Å². The monoisotopic (exact) mass is 238 g/mol. The maximum atomic E-state index is 13.8. The smallest absolute Gasteiger partial charge is 0.130 e. The Kier molecular flexibility index (Phi) is 3.10. The third kappa shape index (κ3) is 2.42. The van der Waals surface area contributed by atoms with E-state index >= 15 is 0 Å². The number of aliphatic hydroxyl groups is 1. The fraction of sp³-hybridized carbons (Fsp3) is 0.538. The number of halogens is 1. The maximum absolute atomic E-state index is 13.8. The van der Waals surface area contributed by atoms with Crippen molar-refractivity contribution in [2.24, 2.45) is 5.73 Å². The van der Waals surface area contributed by atoms with Gasteiger partial charge in [-0.25, -0.2) is 4.39 Å². The fourth-order valence-corrected chi connectivity index (χ4v) is 2.40. The number of nitrogens with zero attached hydrogens (tertiary/aromatic N) is 1. The van der Waals surface area contributed by atoms with Crippen molar-refractivity contribution in [1.29, 1.82) is 0 Å². The molecule has 0 radical (unpaired) electrons. The largest absolute Gasteiger partial charge is 0.388 e. The Morgan fingerprint density at radius 3 is 2.76 bits per heavy atom. The van der Waals surface area contributed by atoms with E-state index in [1.165, 1.54) is 6.07 Å². The summed E-state index contributed by atoms with van der Waals surface area (Å²) >= 11 is 0. The standard InChI is InChI=1S/C13H19FN2O/c1-9(15)12-10(14)4-3-5-11(12)16-7-6-13(2,17)8-16/h3-5,9,17H,6-8,15H2,1-2H3. The van der Waals surface area contributed by atoms with Gasteiger partial charge in [0.2, 0.25) is 0 Å². The highest BCUT2D eigenvalue weighted by atomic mass is 19.1. The van der Waals surface area contributed by atoms with Crippen LogP contribution >= 0.6 is 0 Å². The Bertz CT molecular complexity index is 418. The van der Waals surface area contributed by atoms with Crippen LogP contribution in [-0.2, 0) is 0 Å². The van der Waals surface area contributed by atoms with Gasteiger partial charge in [-0.1, -0.05) is 6.07 Å². The van der Waals surface area contributed by atoms with Crippen LogP contribution in [0.1, 0.15) is 31.9 Å². The van der Waals surface area contributed by atoms with Crippen molar-refractivity contribution in [3.8, 4) is 0 Å². The molecule has 3 nitrogen and oxygen atoms in total. The maximum Gasteiger partial charge on any atom is 0.130 e. The van der Waals surface area contributed by atoms with Crippen LogP contribution in [0.2, 0.25) is 0 Å². The molecule has 1 heterocycles. The molecule has 1 aromatic carbocycles. The minimum Gasteiger partial charge on any atom is -0.388 e. The lowest BCUT2D eigenvalue weighted by atomic mass is 10.0. The van der Waals surface area contributed by atoms with Crippen LogP contribution in [0.5, 0.6) is 0 Å². The van der Waals surface area contributed by atoms with Crippen molar-refractivity contribution in [3.63, 3.8) is 0 Å². The van der Waals surface area contributed by atoms with Gasteiger partial charge >= 0.3 is 0 Å². The van der Waals surface area contributed by atoms with Crippen molar-refractivity contribution in [2.45, 2.75) is 31.9 Å². The van der Waals surface area contributed by atoms with E-state index in [-0.39, 0.29) is 11.9 Å². The SMILES string of the molecule is CC(N)c1c(F)cccc1N1CCC(C)(O)C1. The second-order valence-electron chi connectivity index (χ2n) is 5.13. The molecule has 1 saturated heterocycles. The van der Waals surface area contributed by atoms with E-state index in [0.717, 1.165) is 12.2 Å². The zero-order valence-corrected chi connectivity index (χ0v) is 10.3. The Morgan fingerprint density at radius 2 is 2.24 bits per heavy atom. The van der Waals surface area contributed by atoms with E-state index in [4.69, 9.17) is 5.73 Å². The highest BCUT2D eigenvalue weighted by Crippen LogP contribution is 2.32. The predicted octanol–water partition coefficient (Wildman–Crippen LogP) is 1.81. The van der Waals surface area contributed by atoms with E-state index in [9.17, 15) is 9.50 Å².